The Labute approximate surface area is 125 Å². The number of aromatic carboxylic acids is 1. The summed E-state index contributed by atoms with van der Waals surface area (Å²) in [6.45, 7) is 8.73. The Morgan fingerprint density at radius 2 is 1.52 bits per heavy atom. The van der Waals surface area contributed by atoms with E-state index in [2.05, 4.69) is 0 Å². The number of rotatable bonds is 7. The van der Waals surface area contributed by atoms with Gasteiger partial charge < -0.3 is 14.6 Å². The quantitative estimate of drug-likeness (QED) is 0.769. The lowest BCUT2D eigenvalue weighted by atomic mass is 10.2. The number of carboxylic acids is 1. The van der Waals surface area contributed by atoms with Crippen LogP contribution in [-0.4, -0.2) is 24.3 Å². The average Bonchev–Trinajstić information content (AvgIpc) is 2.39. The first-order valence-corrected chi connectivity index (χ1v) is 6.80. The second kappa shape index (κ2) is 8.15. The molecule has 0 aliphatic heterocycles. The fourth-order valence-corrected chi connectivity index (χ4v) is 1.47. The van der Waals surface area contributed by atoms with E-state index in [0.717, 1.165) is 11.1 Å². The second-order valence-corrected chi connectivity index (χ2v) is 5.15. The van der Waals surface area contributed by atoms with Gasteiger partial charge in [0, 0.05) is 0 Å². The van der Waals surface area contributed by atoms with E-state index in [9.17, 15) is 4.79 Å². The molecule has 0 bridgehead atoms. The molecule has 0 aromatic heterocycles. The summed E-state index contributed by atoms with van der Waals surface area (Å²) in [6.07, 6.45) is 3.87. The molecule has 0 aliphatic carbocycles. The highest BCUT2D eigenvalue weighted by Crippen LogP contribution is 2.28. The second-order valence-electron chi connectivity index (χ2n) is 5.15. The molecule has 1 aromatic rings. The number of hydrogen-bond acceptors (Lipinski definition) is 3. The molecule has 0 unspecified atom stereocenters. The first-order chi connectivity index (χ1) is 9.90. The van der Waals surface area contributed by atoms with Gasteiger partial charge in [-0.05, 0) is 58.0 Å². The smallest absolute Gasteiger partial charge is 0.335 e. The number of benzene rings is 1. The van der Waals surface area contributed by atoms with Gasteiger partial charge in [-0.25, -0.2) is 4.79 Å². The van der Waals surface area contributed by atoms with Gasteiger partial charge in [0.1, 0.15) is 13.2 Å². The van der Waals surface area contributed by atoms with Crippen molar-refractivity contribution < 1.29 is 19.4 Å². The maximum Gasteiger partial charge on any atom is 0.335 e. The summed E-state index contributed by atoms with van der Waals surface area (Å²) in [7, 11) is 0. The highest BCUT2D eigenvalue weighted by Gasteiger charge is 2.10. The molecule has 0 spiro atoms. The largest absolute Gasteiger partial charge is 0.486 e. The molecule has 0 radical (unpaired) electrons. The third-order valence-electron chi connectivity index (χ3n) is 2.65. The van der Waals surface area contributed by atoms with Gasteiger partial charge >= 0.3 is 5.97 Å². The molecule has 1 rings (SSSR count). The normalized spacial score (nSPS) is 9.71. The molecule has 4 heteroatoms. The molecular weight excluding hydrogens is 268 g/mol. The molecule has 0 fully saturated rings. The lowest BCUT2D eigenvalue weighted by Gasteiger charge is -2.12. The van der Waals surface area contributed by atoms with E-state index < -0.39 is 5.97 Å². The molecule has 0 heterocycles. The van der Waals surface area contributed by atoms with Crippen molar-refractivity contribution in [3.8, 4) is 11.5 Å². The maximum absolute atomic E-state index is 11.0. The first-order valence-electron chi connectivity index (χ1n) is 6.80. The van der Waals surface area contributed by atoms with Gasteiger partial charge in [0.25, 0.3) is 0 Å². The number of hydrogen-bond donors (Lipinski definition) is 1. The van der Waals surface area contributed by atoms with Crippen LogP contribution < -0.4 is 9.47 Å². The minimum Gasteiger partial charge on any atom is -0.486 e. The van der Waals surface area contributed by atoms with Crippen molar-refractivity contribution in [2.45, 2.75) is 27.7 Å². The number of carboxylic acid groups (broad SMARTS) is 1. The van der Waals surface area contributed by atoms with Crippen LogP contribution >= 0.6 is 0 Å². The van der Waals surface area contributed by atoms with Crippen molar-refractivity contribution in [1.29, 1.82) is 0 Å². The monoisotopic (exact) mass is 290 g/mol. The van der Waals surface area contributed by atoms with Gasteiger partial charge in [-0.1, -0.05) is 11.1 Å². The van der Waals surface area contributed by atoms with E-state index in [4.69, 9.17) is 14.6 Å². The summed E-state index contributed by atoms with van der Waals surface area (Å²) < 4.78 is 11.2. The molecule has 0 saturated carbocycles. The fraction of sp³-hybridized carbons (Fsp3) is 0.353. The summed E-state index contributed by atoms with van der Waals surface area (Å²) >= 11 is 0. The standard InChI is InChI=1S/C17H22O4/c1-12(2)7-9-20-15-6-5-14(17(18)19)11-16(15)21-10-8-13(3)4/h5-8,11H,9-10H2,1-4H3,(H,18,19). The lowest BCUT2D eigenvalue weighted by Crippen LogP contribution is -2.03. The third-order valence-corrected chi connectivity index (χ3v) is 2.65. The van der Waals surface area contributed by atoms with Crippen LogP contribution in [0.5, 0.6) is 11.5 Å². The van der Waals surface area contributed by atoms with Crippen molar-refractivity contribution >= 4 is 5.97 Å². The number of ether oxygens (including phenoxy) is 2. The van der Waals surface area contributed by atoms with Gasteiger partial charge in [-0.3, -0.25) is 0 Å². The van der Waals surface area contributed by atoms with E-state index in [0.29, 0.717) is 24.7 Å². The zero-order chi connectivity index (χ0) is 15.8. The maximum atomic E-state index is 11.0. The highest BCUT2D eigenvalue weighted by molar-refractivity contribution is 5.88. The Balaban J connectivity index is 2.91. The molecule has 4 nitrogen and oxygen atoms in total. The minimum absolute atomic E-state index is 0.178. The summed E-state index contributed by atoms with van der Waals surface area (Å²) in [5.74, 6) is -0.00729. The Morgan fingerprint density at radius 1 is 1.00 bits per heavy atom. The van der Waals surface area contributed by atoms with E-state index in [1.165, 1.54) is 12.1 Å². The summed E-state index contributed by atoms with van der Waals surface area (Å²) in [5.41, 5.74) is 2.47. The highest BCUT2D eigenvalue weighted by atomic mass is 16.5. The zero-order valence-electron chi connectivity index (χ0n) is 13.0. The fourth-order valence-electron chi connectivity index (χ4n) is 1.47. The number of carbonyl (C=O) groups is 1. The van der Waals surface area contributed by atoms with Crippen LogP contribution in [0.2, 0.25) is 0 Å². The van der Waals surface area contributed by atoms with Crippen molar-refractivity contribution in [2.24, 2.45) is 0 Å². The summed E-state index contributed by atoms with van der Waals surface area (Å²) in [6, 6.07) is 4.62. The molecule has 0 saturated heterocycles. The predicted molar refractivity (Wildman–Crippen MR) is 83.3 cm³/mol. The average molecular weight is 290 g/mol. The van der Waals surface area contributed by atoms with E-state index >= 15 is 0 Å². The Morgan fingerprint density at radius 3 is 2.00 bits per heavy atom. The van der Waals surface area contributed by atoms with Crippen LogP contribution in [0.1, 0.15) is 38.1 Å². The summed E-state index contributed by atoms with van der Waals surface area (Å²) in [4.78, 5) is 11.0. The Hall–Kier alpha value is -2.23. The molecule has 0 amide bonds. The molecule has 0 aliphatic rings. The topological polar surface area (TPSA) is 55.8 Å². The molecule has 114 valence electrons. The van der Waals surface area contributed by atoms with Crippen molar-refractivity contribution in [2.75, 3.05) is 13.2 Å². The summed E-state index contributed by atoms with van der Waals surface area (Å²) in [5, 5.41) is 9.04. The molecular formula is C17H22O4. The van der Waals surface area contributed by atoms with Gasteiger partial charge in [0.05, 0.1) is 5.56 Å². The van der Waals surface area contributed by atoms with Crippen molar-refractivity contribution in [3.63, 3.8) is 0 Å². The van der Waals surface area contributed by atoms with Crippen LogP contribution in [0, 0.1) is 0 Å². The zero-order valence-corrected chi connectivity index (χ0v) is 13.0. The molecule has 1 aromatic carbocycles. The Bertz CT molecular complexity index is 548. The number of allylic oxidation sites excluding steroid dienone is 2. The van der Waals surface area contributed by atoms with Crippen LogP contribution in [0.25, 0.3) is 0 Å². The van der Waals surface area contributed by atoms with Gasteiger partial charge in [-0.15, -0.1) is 0 Å². The lowest BCUT2D eigenvalue weighted by molar-refractivity contribution is 0.0696. The van der Waals surface area contributed by atoms with Gasteiger partial charge in [-0.2, -0.15) is 0 Å². The first kappa shape index (κ1) is 16.8. The van der Waals surface area contributed by atoms with Gasteiger partial charge in [0.2, 0.25) is 0 Å². The van der Waals surface area contributed by atoms with Crippen LogP contribution in [0.4, 0.5) is 0 Å². The SMILES string of the molecule is CC(C)=CCOc1ccc(C(=O)O)cc1OCC=C(C)C. The Kier molecular flexibility index (Phi) is 6.53. The molecule has 21 heavy (non-hydrogen) atoms. The van der Waals surface area contributed by atoms with Gasteiger partial charge in [0.15, 0.2) is 11.5 Å². The van der Waals surface area contributed by atoms with Crippen LogP contribution in [0.15, 0.2) is 41.5 Å². The van der Waals surface area contributed by atoms with E-state index in [1.54, 1.807) is 6.07 Å². The predicted octanol–water partition coefficient (Wildman–Crippen LogP) is 4.07. The molecule has 1 N–H and O–H groups in total. The minimum atomic E-state index is -0.988. The van der Waals surface area contributed by atoms with Crippen LogP contribution in [0.3, 0.4) is 0 Å². The van der Waals surface area contributed by atoms with E-state index in [-0.39, 0.29) is 5.56 Å². The van der Waals surface area contributed by atoms with Crippen LogP contribution in [-0.2, 0) is 0 Å². The van der Waals surface area contributed by atoms with E-state index in [1.807, 2.05) is 39.8 Å². The van der Waals surface area contributed by atoms with Crippen molar-refractivity contribution in [1.82, 2.24) is 0 Å². The molecule has 0 atom stereocenters. The van der Waals surface area contributed by atoms with Crippen molar-refractivity contribution in [3.05, 3.63) is 47.1 Å². The third kappa shape index (κ3) is 6.17.